The van der Waals surface area contributed by atoms with Crippen LogP contribution in [0.15, 0.2) is 28.8 Å². The standard InChI is InChI=1S/C21H28N4O3/c1-27-18-11-9-15(10-12-18)19-23-21(28-24-19)25-13-5-6-16(14-25)20(26)22-17-7-3-2-4-8-17/h9-12,16-17H,2-8,13-14H2,1H3,(H,22,26). The Morgan fingerprint density at radius 3 is 2.68 bits per heavy atom. The summed E-state index contributed by atoms with van der Waals surface area (Å²) in [6.07, 6.45) is 7.80. The minimum absolute atomic E-state index is 0.0213. The average molecular weight is 384 g/mol. The molecule has 1 amide bonds. The van der Waals surface area contributed by atoms with Gasteiger partial charge < -0.3 is 19.5 Å². The Kier molecular flexibility index (Phi) is 5.78. The van der Waals surface area contributed by atoms with Crippen LogP contribution in [0.5, 0.6) is 5.75 Å². The molecule has 150 valence electrons. The number of anilines is 1. The Bertz CT molecular complexity index is 783. The molecule has 1 N–H and O–H groups in total. The van der Waals surface area contributed by atoms with Crippen LogP contribution in [0.4, 0.5) is 6.01 Å². The maximum absolute atomic E-state index is 12.7. The molecule has 2 aromatic rings. The Balaban J connectivity index is 1.38. The zero-order chi connectivity index (χ0) is 19.3. The lowest BCUT2D eigenvalue weighted by molar-refractivity contribution is -0.126. The smallest absolute Gasteiger partial charge is 0.324 e. The van der Waals surface area contributed by atoms with Gasteiger partial charge >= 0.3 is 6.01 Å². The van der Waals surface area contributed by atoms with E-state index < -0.39 is 0 Å². The van der Waals surface area contributed by atoms with Crippen molar-refractivity contribution in [3.8, 4) is 17.1 Å². The third kappa shape index (κ3) is 4.29. The Hall–Kier alpha value is -2.57. The number of amides is 1. The van der Waals surface area contributed by atoms with Crippen molar-refractivity contribution in [1.82, 2.24) is 15.5 Å². The van der Waals surface area contributed by atoms with Crippen LogP contribution in [0.1, 0.15) is 44.9 Å². The first-order chi connectivity index (χ1) is 13.7. The van der Waals surface area contributed by atoms with Crippen molar-refractivity contribution in [3.63, 3.8) is 0 Å². The predicted octanol–water partition coefficient (Wildman–Crippen LogP) is 3.41. The molecule has 7 nitrogen and oxygen atoms in total. The van der Waals surface area contributed by atoms with Crippen LogP contribution in [-0.2, 0) is 4.79 Å². The van der Waals surface area contributed by atoms with Gasteiger partial charge in [-0.05, 0) is 49.9 Å². The van der Waals surface area contributed by atoms with Crippen LogP contribution < -0.4 is 15.0 Å². The van der Waals surface area contributed by atoms with Gasteiger partial charge in [0.15, 0.2) is 0 Å². The van der Waals surface area contributed by atoms with Gasteiger partial charge in [-0.3, -0.25) is 4.79 Å². The van der Waals surface area contributed by atoms with Gasteiger partial charge in [-0.15, -0.1) is 0 Å². The zero-order valence-electron chi connectivity index (χ0n) is 16.4. The Morgan fingerprint density at radius 1 is 1.14 bits per heavy atom. The maximum Gasteiger partial charge on any atom is 0.324 e. The van der Waals surface area contributed by atoms with Crippen molar-refractivity contribution in [2.75, 3.05) is 25.1 Å². The summed E-state index contributed by atoms with van der Waals surface area (Å²) in [5.41, 5.74) is 0.874. The molecule has 0 bridgehead atoms. The number of hydrogen-bond donors (Lipinski definition) is 1. The van der Waals surface area contributed by atoms with Crippen LogP contribution in [0.2, 0.25) is 0 Å². The molecule has 2 fully saturated rings. The molecule has 4 rings (SSSR count). The van der Waals surface area contributed by atoms with Gasteiger partial charge in [-0.25, -0.2) is 0 Å². The zero-order valence-corrected chi connectivity index (χ0v) is 16.4. The predicted molar refractivity (Wildman–Crippen MR) is 106 cm³/mol. The molecular weight excluding hydrogens is 356 g/mol. The first-order valence-corrected chi connectivity index (χ1v) is 10.3. The van der Waals surface area contributed by atoms with E-state index in [1.54, 1.807) is 7.11 Å². The molecule has 7 heteroatoms. The second-order valence-corrected chi connectivity index (χ2v) is 7.76. The van der Waals surface area contributed by atoms with E-state index in [1.165, 1.54) is 19.3 Å². The fourth-order valence-electron chi connectivity index (χ4n) is 4.13. The van der Waals surface area contributed by atoms with Crippen LogP contribution in [0, 0.1) is 5.92 Å². The van der Waals surface area contributed by atoms with E-state index in [9.17, 15) is 4.79 Å². The van der Waals surface area contributed by atoms with Crippen molar-refractivity contribution < 1.29 is 14.1 Å². The Morgan fingerprint density at radius 2 is 1.93 bits per heavy atom. The summed E-state index contributed by atoms with van der Waals surface area (Å²) in [6.45, 7) is 1.46. The van der Waals surface area contributed by atoms with E-state index in [0.717, 1.165) is 43.5 Å². The normalized spacial score (nSPS) is 20.8. The molecule has 1 aromatic heterocycles. The molecule has 1 unspecified atom stereocenters. The molecule has 1 saturated carbocycles. The fraction of sp³-hybridized carbons (Fsp3) is 0.571. The second-order valence-electron chi connectivity index (χ2n) is 7.76. The van der Waals surface area contributed by atoms with Crippen molar-refractivity contribution in [1.29, 1.82) is 0 Å². The highest BCUT2D eigenvalue weighted by Gasteiger charge is 2.30. The number of rotatable bonds is 5. The van der Waals surface area contributed by atoms with E-state index in [2.05, 4.69) is 15.5 Å². The minimum Gasteiger partial charge on any atom is -0.497 e. The number of carbonyl (C=O) groups excluding carboxylic acids is 1. The topological polar surface area (TPSA) is 80.5 Å². The summed E-state index contributed by atoms with van der Waals surface area (Å²) >= 11 is 0. The summed E-state index contributed by atoms with van der Waals surface area (Å²) in [6, 6.07) is 8.40. The number of hydrogen-bond acceptors (Lipinski definition) is 6. The van der Waals surface area contributed by atoms with Gasteiger partial charge in [0.25, 0.3) is 0 Å². The molecule has 2 aliphatic rings. The van der Waals surface area contributed by atoms with Crippen LogP contribution in [0.25, 0.3) is 11.4 Å². The molecule has 1 saturated heterocycles. The molecule has 0 radical (unpaired) electrons. The summed E-state index contributed by atoms with van der Waals surface area (Å²) in [7, 11) is 1.64. The SMILES string of the molecule is COc1ccc(-c2noc(N3CCCC(C(=O)NC4CCCCC4)C3)n2)cc1. The van der Waals surface area contributed by atoms with Crippen LogP contribution in [-0.4, -0.2) is 42.3 Å². The molecule has 1 atom stereocenters. The highest BCUT2D eigenvalue weighted by Crippen LogP contribution is 2.26. The van der Waals surface area contributed by atoms with E-state index in [4.69, 9.17) is 9.26 Å². The number of nitrogens with one attached hydrogen (secondary N) is 1. The molecule has 1 aliphatic carbocycles. The lowest BCUT2D eigenvalue weighted by Crippen LogP contribution is -2.46. The third-order valence-corrected chi connectivity index (χ3v) is 5.78. The van der Waals surface area contributed by atoms with Gasteiger partial charge in [0.05, 0.1) is 13.0 Å². The van der Waals surface area contributed by atoms with Gasteiger partial charge in [0, 0.05) is 24.7 Å². The van der Waals surface area contributed by atoms with Crippen LogP contribution in [0.3, 0.4) is 0 Å². The largest absolute Gasteiger partial charge is 0.497 e. The number of piperidine rings is 1. The summed E-state index contributed by atoms with van der Waals surface area (Å²) < 4.78 is 10.7. The van der Waals surface area contributed by atoms with Crippen molar-refractivity contribution in [3.05, 3.63) is 24.3 Å². The number of aromatic nitrogens is 2. The summed E-state index contributed by atoms with van der Waals surface area (Å²) in [5, 5.41) is 7.37. The monoisotopic (exact) mass is 384 g/mol. The molecule has 0 spiro atoms. The van der Waals surface area contributed by atoms with Gasteiger partial charge in [-0.1, -0.05) is 24.4 Å². The number of carbonyl (C=O) groups is 1. The molecule has 1 aliphatic heterocycles. The summed E-state index contributed by atoms with van der Waals surface area (Å²) in [4.78, 5) is 19.3. The number of nitrogens with zero attached hydrogens (tertiary/aromatic N) is 3. The van der Waals surface area contributed by atoms with Gasteiger partial charge in [0.2, 0.25) is 11.7 Å². The average Bonchev–Trinajstić information content (AvgIpc) is 3.25. The lowest BCUT2D eigenvalue weighted by atomic mass is 9.93. The molecule has 28 heavy (non-hydrogen) atoms. The van der Waals surface area contributed by atoms with E-state index in [1.807, 2.05) is 29.2 Å². The van der Waals surface area contributed by atoms with E-state index >= 15 is 0 Å². The highest BCUT2D eigenvalue weighted by atomic mass is 16.5. The van der Waals surface area contributed by atoms with Crippen LogP contribution >= 0.6 is 0 Å². The number of methoxy groups -OCH3 is 1. The van der Waals surface area contributed by atoms with Crippen molar-refractivity contribution in [2.45, 2.75) is 51.0 Å². The minimum atomic E-state index is -0.0213. The summed E-state index contributed by atoms with van der Waals surface area (Å²) in [5.74, 6) is 1.49. The first kappa shape index (κ1) is 18.8. The third-order valence-electron chi connectivity index (χ3n) is 5.78. The maximum atomic E-state index is 12.7. The Labute approximate surface area is 165 Å². The van der Waals surface area contributed by atoms with Crippen molar-refractivity contribution in [2.24, 2.45) is 5.92 Å². The second kappa shape index (κ2) is 8.63. The molecule has 2 heterocycles. The van der Waals surface area contributed by atoms with Gasteiger partial charge in [0.1, 0.15) is 5.75 Å². The molecular formula is C21H28N4O3. The van der Waals surface area contributed by atoms with E-state index in [-0.39, 0.29) is 11.8 Å². The van der Waals surface area contributed by atoms with Crippen molar-refractivity contribution >= 4 is 11.9 Å². The van der Waals surface area contributed by atoms with E-state index in [0.29, 0.717) is 24.4 Å². The number of ether oxygens (including phenoxy) is 1. The lowest BCUT2D eigenvalue weighted by Gasteiger charge is -2.32. The van der Waals surface area contributed by atoms with Gasteiger partial charge in [-0.2, -0.15) is 4.98 Å². The highest BCUT2D eigenvalue weighted by molar-refractivity contribution is 5.79. The number of benzene rings is 1. The first-order valence-electron chi connectivity index (χ1n) is 10.3. The molecule has 1 aromatic carbocycles. The fourth-order valence-corrected chi connectivity index (χ4v) is 4.13. The quantitative estimate of drug-likeness (QED) is 0.851.